The van der Waals surface area contributed by atoms with E-state index in [2.05, 4.69) is 10.5 Å². The normalized spacial score (nSPS) is 10.5. The highest BCUT2D eigenvalue weighted by atomic mass is 16.6. The molecule has 2 aromatic rings. The molecule has 10 heteroatoms. The number of hydrogen-bond acceptors (Lipinski definition) is 7. The van der Waals surface area contributed by atoms with Crippen molar-refractivity contribution in [3.8, 4) is 11.5 Å². The van der Waals surface area contributed by atoms with E-state index in [0.29, 0.717) is 5.75 Å². The molecule has 2 aromatic carbocycles. The Kier molecular flexibility index (Phi) is 5.83. The molecule has 0 saturated carbocycles. The van der Waals surface area contributed by atoms with Gasteiger partial charge in [-0.2, -0.15) is 5.10 Å². The second kappa shape index (κ2) is 8.24. The van der Waals surface area contributed by atoms with Crippen molar-refractivity contribution in [1.82, 2.24) is 5.43 Å². The monoisotopic (exact) mass is 358 g/mol. The Morgan fingerprint density at radius 1 is 1.27 bits per heavy atom. The zero-order valence-corrected chi connectivity index (χ0v) is 13.3. The number of rotatable bonds is 7. The van der Waals surface area contributed by atoms with Gasteiger partial charge in [0.2, 0.25) is 0 Å². The molecule has 0 aromatic heterocycles. The Labute approximate surface area is 147 Å². The highest BCUT2D eigenvalue weighted by Gasteiger charge is 2.09. The Balaban J connectivity index is 2.00. The maximum absolute atomic E-state index is 12.0. The molecule has 10 nitrogen and oxygen atoms in total. The predicted octanol–water partition coefficient (Wildman–Crippen LogP) is 0.928. The molecule has 134 valence electrons. The molecule has 0 unspecified atom stereocenters. The Hall–Kier alpha value is -3.95. The summed E-state index contributed by atoms with van der Waals surface area (Å²) in [5.74, 6) is -1.02. The van der Waals surface area contributed by atoms with Gasteiger partial charge in [-0.3, -0.25) is 19.7 Å². The lowest BCUT2D eigenvalue weighted by Gasteiger charge is -2.04. The fraction of sp³-hybridized carbons (Fsp3) is 0.0625. The van der Waals surface area contributed by atoms with Crippen LogP contribution in [0.4, 0.5) is 5.69 Å². The Morgan fingerprint density at radius 2 is 1.96 bits per heavy atom. The summed E-state index contributed by atoms with van der Waals surface area (Å²) in [4.78, 5) is 32.7. The number of nitrogens with two attached hydrogens (primary N) is 1. The van der Waals surface area contributed by atoms with Gasteiger partial charge in [-0.05, 0) is 30.3 Å². The number of nitro groups is 1. The fourth-order valence-electron chi connectivity index (χ4n) is 1.84. The van der Waals surface area contributed by atoms with Crippen LogP contribution in [0.1, 0.15) is 15.9 Å². The average molecular weight is 358 g/mol. The summed E-state index contributed by atoms with van der Waals surface area (Å²) in [6, 6.07) is 9.29. The van der Waals surface area contributed by atoms with Crippen molar-refractivity contribution >= 4 is 23.7 Å². The number of nitrogens with zero attached hydrogens (tertiary/aromatic N) is 2. The van der Waals surface area contributed by atoms with Gasteiger partial charge in [0.25, 0.3) is 17.5 Å². The summed E-state index contributed by atoms with van der Waals surface area (Å²) in [7, 11) is 0. The molecule has 0 atom stereocenters. The number of carbonyl (C=O) groups excluding carboxylic acids is 2. The minimum Gasteiger partial charge on any atom is -0.507 e. The summed E-state index contributed by atoms with van der Waals surface area (Å²) >= 11 is 0. The molecule has 0 bridgehead atoms. The van der Waals surface area contributed by atoms with Gasteiger partial charge < -0.3 is 15.6 Å². The van der Waals surface area contributed by atoms with Gasteiger partial charge in [0.05, 0.1) is 11.1 Å². The molecule has 0 fully saturated rings. The molecule has 26 heavy (non-hydrogen) atoms. The van der Waals surface area contributed by atoms with Crippen LogP contribution in [0.2, 0.25) is 0 Å². The van der Waals surface area contributed by atoms with E-state index in [9.17, 15) is 24.8 Å². The molecule has 0 saturated heterocycles. The molecule has 0 aliphatic carbocycles. The lowest BCUT2D eigenvalue weighted by molar-refractivity contribution is -0.384. The minimum absolute atomic E-state index is 0.0784. The van der Waals surface area contributed by atoms with E-state index in [-0.39, 0.29) is 29.2 Å². The average Bonchev–Trinajstić information content (AvgIpc) is 2.61. The van der Waals surface area contributed by atoms with Crippen LogP contribution in [0.3, 0.4) is 0 Å². The summed E-state index contributed by atoms with van der Waals surface area (Å²) in [6.45, 7) is -0.275. The van der Waals surface area contributed by atoms with Gasteiger partial charge in [-0.1, -0.05) is 0 Å². The van der Waals surface area contributed by atoms with E-state index in [0.717, 1.165) is 24.4 Å². The van der Waals surface area contributed by atoms with E-state index >= 15 is 0 Å². The third-order valence-corrected chi connectivity index (χ3v) is 3.09. The van der Waals surface area contributed by atoms with Crippen LogP contribution in [0.5, 0.6) is 11.5 Å². The molecule has 0 heterocycles. The molecule has 2 amide bonds. The van der Waals surface area contributed by atoms with Crippen molar-refractivity contribution in [3.63, 3.8) is 0 Å². The summed E-state index contributed by atoms with van der Waals surface area (Å²) in [5.41, 5.74) is 7.31. The first kappa shape index (κ1) is 18.4. The maximum Gasteiger partial charge on any atom is 0.271 e. The van der Waals surface area contributed by atoms with Crippen molar-refractivity contribution in [2.24, 2.45) is 10.8 Å². The number of non-ortho nitro benzene ring substituents is 1. The lowest BCUT2D eigenvalue weighted by atomic mass is 10.2. The number of phenolic OH excluding ortho intramolecular Hbond substituents is 1. The van der Waals surface area contributed by atoms with E-state index < -0.39 is 16.7 Å². The first-order valence-electron chi connectivity index (χ1n) is 7.19. The predicted molar refractivity (Wildman–Crippen MR) is 91.0 cm³/mol. The molecular formula is C16H14N4O6. The standard InChI is InChI=1S/C16H14N4O6/c17-15(22)9-26-13-4-1-10(2-5-13)16(23)19-18-8-11-7-12(20(24)25)3-6-14(11)21/h1-8,21H,9H2,(H2,17,22)(H,19,23)/b18-8+. The van der Waals surface area contributed by atoms with Crippen LogP contribution >= 0.6 is 0 Å². The Bertz CT molecular complexity index is 864. The number of aromatic hydroxyl groups is 1. The van der Waals surface area contributed by atoms with E-state index in [4.69, 9.17) is 10.5 Å². The quantitative estimate of drug-likeness (QED) is 0.379. The van der Waals surface area contributed by atoms with E-state index in [1.165, 1.54) is 24.3 Å². The molecular weight excluding hydrogens is 344 g/mol. The largest absolute Gasteiger partial charge is 0.507 e. The van der Waals surface area contributed by atoms with Crippen LogP contribution in [-0.4, -0.2) is 34.7 Å². The first-order valence-corrected chi connectivity index (χ1v) is 7.19. The van der Waals surface area contributed by atoms with E-state index in [1.807, 2.05) is 0 Å². The number of amides is 2. The number of hydrogen-bond donors (Lipinski definition) is 3. The third kappa shape index (κ3) is 5.03. The summed E-state index contributed by atoms with van der Waals surface area (Å²) < 4.78 is 5.07. The molecule has 0 aliphatic heterocycles. The molecule has 2 rings (SSSR count). The highest BCUT2D eigenvalue weighted by molar-refractivity contribution is 5.95. The number of hydrazone groups is 1. The zero-order valence-electron chi connectivity index (χ0n) is 13.3. The summed E-state index contributed by atoms with van der Waals surface area (Å²) in [5, 5.41) is 24.0. The van der Waals surface area contributed by atoms with Gasteiger partial charge in [0.1, 0.15) is 11.5 Å². The number of benzene rings is 2. The fourth-order valence-corrected chi connectivity index (χ4v) is 1.84. The maximum atomic E-state index is 12.0. The van der Waals surface area contributed by atoms with Crippen LogP contribution in [-0.2, 0) is 4.79 Å². The van der Waals surface area contributed by atoms with Crippen LogP contribution in [0.25, 0.3) is 0 Å². The number of primary amides is 1. The van der Waals surface area contributed by atoms with Crippen LogP contribution in [0, 0.1) is 10.1 Å². The number of carbonyl (C=O) groups is 2. The van der Waals surface area contributed by atoms with Crippen LogP contribution in [0.15, 0.2) is 47.6 Å². The summed E-state index contributed by atoms with van der Waals surface area (Å²) in [6.07, 6.45) is 1.09. The number of ether oxygens (including phenoxy) is 1. The molecule has 0 radical (unpaired) electrons. The smallest absolute Gasteiger partial charge is 0.271 e. The van der Waals surface area contributed by atoms with Crippen molar-refractivity contribution in [2.75, 3.05) is 6.61 Å². The van der Waals surface area contributed by atoms with Crippen molar-refractivity contribution in [1.29, 1.82) is 0 Å². The van der Waals surface area contributed by atoms with Crippen molar-refractivity contribution in [3.05, 3.63) is 63.7 Å². The minimum atomic E-state index is -0.620. The van der Waals surface area contributed by atoms with Gasteiger partial charge >= 0.3 is 0 Å². The first-order chi connectivity index (χ1) is 12.4. The van der Waals surface area contributed by atoms with Crippen LogP contribution < -0.4 is 15.9 Å². The number of phenols is 1. The second-order valence-corrected chi connectivity index (χ2v) is 4.98. The Morgan fingerprint density at radius 3 is 2.58 bits per heavy atom. The van der Waals surface area contributed by atoms with Crippen molar-refractivity contribution in [2.45, 2.75) is 0 Å². The van der Waals surface area contributed by atoms with Crippen molar-refractivity contribution < 1.29 is 24.4 Å². The highest BCUT2D eigenvalue weighted by Crippen LogP contribution is 2.21. The third-order valence-electron chi connectivity index (χ3n) is 3.09. The number of nitro benzene ring substituents is 1. The van der Waals surface area contributed by atoms with E-state index in [1.54, 1.807) is 0 Å². The SMILES string of the molecule is NC(=O)COc1ccc(C(=O)N/N=C/c2cc([N+](=O)[O-])ccc2O)cc1. The lowest BCUT2D eigenvalue weighted by Crippen LogP contribution is -2.20. The molecule has 0 spiro atoms. The van der Waals surface area contributed by atoms with Gasteiger partial charge in [-0.15, -0.1) is 0 Å². The zero-order chi connectivity index (χ0) is 19.1. The van der Waals surface area contributed by atoms with Gasteiger partial charge in [-0.25, -0.2) is 5.43 Å². The second-order valence-electron chi connectivity index (χ2n) is 4.98. The molecule has 4 N–H and O–H groups in total. The topological polar surface area (TPSA) is 157 Å². The molecule has 0 aliphatic rings. The van der Waals surface area contributed by atoms with Gasteiger partial charge in [0, 0.05) is 23.3 Å². The number of nitrogens with one attached hydrogen (secondary N) is 1. The van der Waals surface area contributed by atoms with Gasteiger partial charge in [0.15, 0.2) is 6.61 Å².